The number of hydrogen-bond donors (Lipinski definition) is 1. The summed E-state index contributed by atoms with van der Waals surface area (Å²) < 4.78 is 20.0. The molecule has 160 valence electrons. The van der Waals surface area contributed by atoms with Crippen molar-refractivity contribution in [1.82, 2.24) is 14.9 Å². The minimum atomic E-state index is -0.870. The number of carbonyl (C=O) groups is 1. The van der Waals surface area contributed by atoms with Gasteiger partial charge in [0.15, 0.2) is 11.6 Å². The normalized spacial score (nSPS) is 23.6. The van der Waals surface area contributed by atoms with Crippen molar-refractivity contribution >= 4 is 27.8 Å². The van der Waals surface area contributed by atoms with Crippen LogP contribution in [0.4, 0.5) is 15.0 Å². The Morgan fingerprint density at radius 2 is 2.10 bits per heavy atom. The number of carboxylic acid groups (broad SMARTS) is 1. The van der Waals surface area contributed by atoms with Crippen LogP contribution in [0, 0.1) is 16.6 Å². The number of ether oxygens (including phenoxy) is 1. The summed E-state index contributed by atoms with van der Waals surface area (Å²) in [5.74, 6) is 1.23. The van der Waals surface area contributed by atoms with E-state index in [9.17, 15) is 14.3 Å². The highest BCUT2D eigenvalue weighted by molar-refractivity contribution is 9.10. The van der Waals surface area contributed by atoms with Crippen LogP contribution < -0.4 is 9.64 Å². The topological polar surface area (TPSA) is 78.8 Å². The van der Waals surface area contributed by atoms with Crippen molar-refractivity contribution < 1.29 is 19.0 Å². The molecule has 4 rings (SSSR count). The second-order valence-electron chi connectivity index (χ2n) is 9.10. The molecule has 1 amide bonds. The Morgan fingerprint density at radius 3 is 2.73 bits per heavy atom. The van der Waals surface area contributed by atoms with Gasteiger partial charge in [-0.3, -0.25) is 0 Å². The van der Waals surface area contributed by atoms with Crippen molar-refractivity contribution in [1.29, 1.82) is 0 Å². The predicted octanol–water partition coefficient (Wildman–Crippen LogP) is 4.78. The Bertz CT molecular complexity index is 983. The zero-order valence-corrected chi connectivity index (χ0v) is 18.7. The van der Waals surface area contributed by atoms with E-state index in [4.69, 9.17) is 4.74 Å². The van der Waals surface area contributed by atoms with Crippen molar-refractivity contribution in [3.63, 3.8) is 0 Å². The summed E-state index contributed by atoms with van der Waals surface area (Å²) >= 11 is 3.33. The molecular formula is C21H24BrFN4O3. The van der Waals surface area contributed by atoms with Crippen LogP contribution in [0.5, 0.6) is 11.5 Å². The molecule has 2 saturated heterocycles. The molecule has 1 N–H and O–H groups in total. The van der Waals surface area contributed by atoms with E-state index in [-0.39, 0.29) is 22.7 Å². The van der Waals surface area contributed by atoms with Crippen LogP contribution in [0.2, 0.25) is 0 Å². The van der Waals surface area contributed by atoms with Crippen LogP contribution in [0.15, 0.2) is 35.2 Å². The molecule has 1 spiro atoms. The molecule has 2 atom stereocenters. The molecule has 2 fully saturated rings. The van der Waals surface area contributed by atoms with Gasteiger partial charge in [0.05, 0.1) is 10.7 Å². The average Bonchev–Trinajstić information content (AvgIpc) is 3.09. The fourth-order valence-electron chi connectivity index (χ4n) is 5.00. The van der Waals surface area contributed by atoms with Gasteiger partial charge in [-0.2, -0.15) is 0 Å². The second-order valence-corrected chi connectivity index (χ2v) is 9.95. The van der Waals surface area contributed by atoms with Gasteiger partial charge in [-0.1, -0.05) is 20.8 Å². The van der Waals surface area contributed by atoms with Crippen LogP contribution in [-0.2, 0) is 0 Å². The molecule has 0 bridgehead atoms. The molecule has 2 aromatic rings. The molecule has 0 aliphatic carbocycles. The fraction of sp³-hybridized carbons (Fsp3) is 0.476. The Hall–Kier alpha value is -2.42. The van der Waals surface area contributed by atoms with Gasteiger partial charge in [0, 0.05) is 31.1 Å². The minimum absolute atomic E-state index is 0.0864. The maximum Gasteiger partial charge on any atom is 0.407 e. The third-order valence-electron chi connectivity index (χ3n) is 5.90. The summed E-state index contributed by atoms with van der Waals surface area (Å²) in [4.78, 5) is 23.8. The third kappa shape index (κ3) is 3.59. The molecule has 9 heteroatoms. The SMILES string of the molecule is CC(C)(C)C1N(c2ncncc2Oc2ccc(F)cc2Br)CC12CCN(C(=O)O)C2. The molecule has 1 aromatic heterocycles. The molecule has 2 aliphatic rings. The van der Waals surface area contributed by atoms with Crippen molar-refractivity contribution in [2.45, 2.75) is 33.2 Å². The van der Waals surface area contributed by atoms with Crippen LogP contribution in [0.1, 0.15) is 27.2 Å². The van der Waals surface area contributed by atoms with Gasteiger partial charge in [0.25, 0.3) is 0 Å². The number of rotatable bonds is 3. The van der Waals surface area contributed by atoms with Crippen molar-refractivity contribution in [2.24, 2.45) is 10.8 Å². The maximum atomic E-state index is 13.4. The van der Waals surface area contributed by atoms with Gasteiger partial charge in [-0.15, -0.1) is 0 Å². The Labute approximate surface area is 183 Å². The van der Waals surface area contributed by atoms with Gasteiger partial charge < -0.3 is 19.6 Å². The summed E-state index contributed by atoms with van der Waals surface area (Å²) in [7, 11) is 0. The molecule has 1 aromatic carbocycles. The zero-order valence-electron chi connectivity index (χ0n) is 17.1. The summed E-state index contributed by atoms with van der Waals surface area (Å²) in [5.41, 5.74) is -0.221. The standard InChI is InChI=1S/C21H24BrFN4O3/c1-20(2,3)18-21(6-7-26(10-21)19(28)29)11-27(18)17-16(9-24-12-25-17)30-15-5-4-13(23)8-14(15)22/h4-5,8-9,12,18H,6-7,10-11H2,1-3H3,(H,28,29). The monoisotopic (exact) mass is 478 g/mol. The molecule has 2 aliphatic heterocycles. The van der Waals surface area contributed by atoms with Crippen LogP contribution in [-0.4, -0.2) is 51.7 Å². The summed E-state index contributed by atoms with van der Waals surface area (Å²) in [5, 5.41) is 9.43. The molecular weight excluding hydrogens is 455 g/mol. The molecule has 30 heavy (non-hydrogen) atoms. The lowest BCUT2D eigenvalue weighted by Crippen LogP contribution is -2.70. The number of benzene rings is 1. The largest absolute Gasteiger partial charge is 0.465 e. The molecule has 3 heterocycles. The smallest absolute Gasteiger partial charge is 0.407 e. The number of aromatic nitrogens is 2. The van der Waals surface area contributed by atoms with Crippen molar-refractivity contribution in [3.8, 4) is 11.5 Å². The zero-order chi connectivity index (χ0) is 21.7. The van der Waals surface area contributed by atoms with E-state index < -0.39 is 6.09 Å². The summed E-state index contributed by atoms with van der Waals surface area (Å²) in [6, 6.07) is 4.31. The summed E-state index contributed by atoms with van der Waals surface area (Å²) in [6.07, 6.45) is 3.03. The van der Waals surface area contributed by atoms with E-state index in [0.29, 0.717) is 41.4 Å². The Balaban J connectivity index is 1.65. The maximum absolute atomic E-state index is 13.4. The second kappa shape index (κ2) is 7.37. The number of halogens is 2. The Kier molecular flexibility index (Phi) is 5.12. The average molecular weight is 479 g/mol. The van der Waals surface area contributed by atoms with E-state index in [2.05, 4.69) is 51.6 Å². The first kappa shape index (κ1) is 20.8. The van der Waals surface area contributed by atoms with Gasteiger partial charge >= 0.3 is 6.09 Å². The van der Waals surface area contributed by atoms with Crippen molar-refractivity contribution in [2.75, 3.05) is 24.5 Å². The highest BCUT2D eigenvalue weighted by atomic mass is 79.9. The minimum Gasteiger partial charge on any atom is -0.465 e. The number of hydrogen-bond acceptors (Lipinski definition) is 5. The predicted molar refractivity (Wildman–Crippen MR) is 113 cm³/mol. The fourth-order valence-corrected chi connectivity index (χ4v) is 5.44. The van der Waals surface area contributed by atoms with Gasteiger partial charge in [-0.05, 0) is 46.0 Å². The molecule has 0 radical (unpaired) electrons. The van der Waals surface area contributed by atoms with E-state index in [1.165, 1.54) is 23.4 Å². The first-order valence-electron chi connectivity index (χ1n) is 9.78. The number of nitrogens with zero attached hydrogens (tertiary/aromatic N) is 4. The lowest BCUT2D eigenvalue weighted by Gasteiger charge is -2.61. The third-order valence-corrected chi connectivity index (χ3v) is 6.52. The van der Waals surface area contributed by atoms with Crippen LogP contribution in [0.3, 0.4) is 0 Å². The highest BCUT2D eigenvalue weighted by Crippen LogP contribution is 2.54. The quantitative estimate of drug-likeness (QED) is 0.683. The van der Waals surface area contributed by atoms with E-state index >= 15 is 0 Å². The van der Waals surface area contributed by atoms with Crippen LogP contribution in [0.25, 0.3) is 0 Å². The number of amides is 1. The number of likely N-dealkylation sites (tertiary alicyclic amines) is 1. The number of anilines is 1. The molecule has 0 saturated carbocycles. The Morgan fingerprint density at radius 1 is 1.33 bits per heavy atom. The lowest BCUT2D eigenvalue weighted by molar-refractivity contribution is 0.0511. The summed E-state index contributed by atoms with van der Waals surface area (Å²) in [6.45, 7) is 8.24. The highest BCUT2D eigenvalue weighted by Gasteiger charge is 2.61. The molecule has 2 unspecified atom stereocenters. The van der Waals surface area contributed by atoms with E-state index in [0.717, 1.165) is 6.42 Å². The lowest BCUT2D eigenvalue weighted by atomic mass is 9.61. The van der Waals surface area contributed by atoms with E-state index in [1.807, 2.05) is 0 Å². The van der Waals surface area contributed by atoms with E-state index in [1.54, 1.807) is 12.3 Å². The first-order chi connectivity index (χ1) is 14.1. The molecule has 7 nitrogen and oxygen atoms in total. The van der Waals surface area contributed by atoms with Gasteiger partial charge in [0.1, 0.15) is 17.9 Å². The first-order valence-corrected chi connectivity index (χ1v) is 10.6. The van der Waals surface area contributed by atoms with Gasteiger partial charge in [0.2, 0.25) is 0 Å². The van der Waals surface area contributed by atoms with Crippen LogP contribution >= 0.6 is 15.9 Å². The van der Waals surface area contributed by atoms with Crippen molar-refractivity contribution in [3.05, 3.63) is 41.0 Å². The van der Waals surface area contributed by atoms with Gasteiger partial charge in [-0.25, -0.2) is 19.2 Å².